The molecule has 2 N–H and O–H groups in total. The number of carbonyl (C=O) groups excluding carboxylic acids is 2. The summed E-state index contributed by atoms with van der Waals surface area (Å²) >= 11 is 1.32. The SMILES string of the molecule is CCn1c(SCC(=O)Nc2ccccn2)nnc1-c1ccc(NC(C)=O)cc1. The fourth-order valence-corrected chi connectivity index (χ4v) is 3.35. The zero-order valence-corrected chi connectivity index (χ0v) is 16.4. The molecule has 0 aliphatic carbocycles. The summed E-state index contributed by atoms with van der Waals surface area (Å²) in [6.07, 6.45) is 1.62. The number of pyridine rings is 1. The van der Waals surface area contributed by atoms with Gasteiger partial charge in [-0.3, -0.25) is 9.59 Å². The van der Waals surface area contributed by atoms with Crippen LogP contribution in [0, 0.1) is 0 Å². The molecule has 0 spiro atoms. The molecule has 0 radical (unpaired) electrons. The molecule has 144 valence electrons. The molecule has 8 nitrogen and oxygen atoms in total. The number of aromatic nitrogens is 4. The van der Waals surface area contributed by atoms with Crippen LogP contribution in [0.5, 0.6) is 0 Å². The normalized spacial score (nSPS) is 10.5. The summed E-state index contributed by atoms with van der Waals surface area (Å²) in [6, 6.07) is 12.7. The van der Waals surface area contributed by atoms with Gasteiger partial charge in [0.25, 0.3) is 0 Å². The van der Waals surface area contributed by atoms with Gasteiger partial charge in [0.2, 0.25) is 11.8 Å². The lowest BCUT2D eigenvalue weighted by Gasteiger charge is -2.08. The van der Waals surface area contributed by atoms with Crippen LogP contribution < -0.4 is 10.6 Å². The Morgan fingerprint density at radius 3 is 2.50 bits per heavy atom. The molecule has 0 fully saturated rings. The highest BCUT2D eigenvalue weighted by atomic mass is 32.2. The number of amides is 2. The zero-order valence-electron chi connectivity index (χ0n) is 15.5. The molecule has 0 unspecified atom stereocenters. The topological polar surface area (TPSA) is 102 Å². The molecular weight excluding hydrogens is 376 g/mol. The minimum atomic E-state index is -0.157. The monoisotopic (exact) mass is 396 g/mol. The molecule has 0 aliphatic rings. The van der Waals surface area contributed by atoms with Gasteiger partial charge in [-0.1, -0.05) is 17.8 Å². The van der Waals surface area contributed by atoms with Crippen molar-refractivity contribution in [2.24, 2.45) is 0 Å². The summed E-state index contributed by atoms with van der Waals surface area (Å²) in [6.45, 7) is 4.13. The second kappa shape index (κ2) is 9.14. The van der Waals surface area contributed by atoms with Crippen molar-refractivity contribution < 1.29 is 9.59 Å². The van der Waals surface area contributed by atoms with Crippen molar-refractivity contribution in [3.63, 3.8) is 0 Å². The first-order valence-corrected chi connectivity index (χ1v) is 9.70. The summed E-state index contributed by atoms with van der Waals surface area (Å²) in [7, 11) is 0. The predicted octanol–water partition coefficient (Wildman–Crippen LogP) is 3.05. The van der Waals surface area contributed by atoms with E-state index in [2.05, 4.69) is 25.8 Å². The second-order valence-corrected chi connectivity index (χ2v) is 6.80. The molecule has 1 aromatic carbocycles. The van der Waals surface area contributed by atoms with E-state index in [0.29, 0.717) is 23.3 Å². The van der Waals surface area contributed by atoms with E-state index in [1.54, 1.807) is 18.3 Å². The summed E-state index contributed by atoms with van der Waals surface area (Å²) in [4.78, 5) is 27.3. The van der Waals surface area contributed by atoms with E-state index in [-0.39, 0.29) is 17.6 Å². The van der Waals surface area contributed by atoms with Gasteiger partial charge < -0.3 is 15.2 Å². The van der Waals surface area contributed by atoms with Gasteiger partial charge in [0.15, 0.2) is 11.0 Å². The van der Waals surface area contributed by atoms with Crippen LogP contribution in [-0.2, 0) is 16.1 Å². The minimum Gasteiger partial charge on any atom is -0.326 e. The molecule has 2 amide bonds. The Bertz CT molecular complexity index is 956. The third-order valence-corrected chi connectivity index (χ3v) is 4.73. The Kier molecular flexibility index (Phi) is 6.38. The lowest BCUT2D eigenvalue weighted by Crippen LogP contribution is -2.15. The summed E-state index contributed by atoms with van der Waals surface area (Å²) in [5, 5.41) is 14.6. The minimum absolute atomic E-state index is 0.118. The maximum absolute atomic E-state index is 12.1. The highest BCUT2D eigenvalue weighted by Gasteiger charge is 2.15. The van der Waals surface area contributed by atoms with E-state index in [1.807, 2.05) is 41.8 Å². The van der Waals surface area contributed by atoms with Crippen LogP contribution in [0.15, 0.2) is 53.8 Å². The Hall–Kier alpha value is -3.20. The van der Waals surface area contributed by atoms with Gasteiger partial charge in [-0.15, -0.1) is 10.2 Å². The molecule has 9 heteroatoms. The van der Waals surface area contributed by atoms with Gasteiger partial charge in [-0.2, -0.15) is 0 Å². The van der Waals surface area contributed by atoms with Crippen LogP contribution in [0.2, 0.25) is 0 Å². The van der Waals surface area contributed by atoms with Crippen LogP contribution in [0.1, 0.15) is 13.8 Å². The Balaban J connectivity index is 1.68. The maximum atomic E-state index is 12.1. The van der Waals surface area contributed by atoms with Crippen molar-refractivity contribution >= 4 is 35.1 Å². The Morgan fingerprint density at radius 2 is 1.86 bits per heavy atom. The standard InChI is InChI=1S/C19H20N6O2S/c1-3-25-18(14-7-9-15(10-8-14)21-13(2)26)23-24-19(25)28-12-17(27)22-16-6-4-5-11-20-16/h4-11H,3,12H2,1-2H3,(H,21,26)(H,20,22,27). The third kappa shape index (κ3) is 4.95. The van der Waals surface area contributed by atoms with E-state index < -0.39 is 0 Å². The molecular formula is C19H20N6O2S. The molecule has 3 rings (SSSR count). The summed E-state index contributed by atoms with van der Waals surface area (Å²) in [5.41, 5.74) is 1.60. The average Bonchev–Trinajstić information content (AvgIpc) is 3.10. The van der Waals surface area contributed by atoms with Crippen molar-refractivity contribution in [2.45, 2.75) is 25.5 Å². The van der Waals surface area contributed by atoms with Crippen molar-refractivity contribution in [1.82, 2.24) is 19.7 Å². The van der Waals surface area contributed by atoms with Gasteiger partial charge in [-0.25, -0.2) is 4.98 Å². The number of hydrogen-bond acceptors (Lipinski definition) is 6. The van der Waals surface area contributed by atoms with Gasteiger partial charge >= 0.3 is 0 Å². The summed E-state index contributed by atoms with van der Waals surface area (Å²) < 4.78 is 1.95. The average molecular weight is 396 g/mol. The van der Waals surface area contributed by atoms with Crippen molar-refractivity contribution in [1.29, 1.82) is 0 Å². The lowest BCUT2D eigenvalue weighted by molar-refractivity contribution is -0.114. The second-order valence-electron chi connectivity index (χ2n) is 5.86. The molecule has 2 heterocycles. The van der Waals surface area contributed by atoms with Gasteiger partial charge in [0.1, 0.15) is 5.82 Å². The number of hydrogen-bond donors (Lipinski definition) is 2. The quantitative estimate of drug-likeness (QED) is 0.595. The highest BCUT2D eigenvalue weighted by Crippen LogP contribution is 2.25. The number of anilines is 2. The number of nitrogens with zero attached hydrogens (tertiary/aromatic N) is 4. The smallest absolute Gasteiger partial charge is 0.236 e. The molecule has 0 atom stereocenters. The number of benzene rings is 1. The molecule has 0 bridgehead atoms. The van der Waals surface area contributed by atoms with E-state index >= 15 is 0 Å². The molecule has 0 saturated heterocycles. The van der Waals surface area contributed by atoms with Crippen LogP contribution in [0.4, 0.5) is 11.5 Å². The number of rotatable bonds is 7. The lowest BCUT2D eigenvalue weighted by atomic mass is 10.2. The first kappa shape index (κ1) is 19.6. The van der Waals surface area contributed by atoms with E-state index in [1.165, 1.54) is 18.7 Å². The fraction of sp³-hybridized carbons (Fsp3) is 0.211. The molecule has 28 heavy (non-hydrogen) atoms. The maximum Gasteiger partial charge on any atom is 0.236 e. The summed E-state index contributed by atoms with van der Waals surface area (Å²) in [5.74, 6) is 1.16. The number of thioether (sulfide) groups is 1. The third-order valence-electron chi connectivity index (χ3n) is 3.76. The first-order valence-electron chi connectivity index (χ1n) is 8.71. The van der Waals surface area contributed by atoms with Crippen LogP contribution in [0.3, 0.4) is 0 Å². The molecule has 0 aliphatic heterocycles. The van der Waals surface area contributed by atoms with Crippen LogP contribution >= 0.6 is 11.8 Å². The van der Waals surface area contributed by atoms with Crippen molar-refractivity contribution in [3.05, 3.63) is 48.7 Å². The van der Waals surface area contributed by atoms with Gasteiger partial charge in [-0.05, 0) is 43.3 Å². The van der Waals surface area contributed by atoms with Crippen LogP contribution in [-0.4, -0.2) is 37.3 Å². The van der Waals surface area contributed by atoms with Crippen molar-refractivity contribution in [3.8, 4) is 11.4 Å². The Morgan fingerprint density at radius 1 is 1.07 bits per heavy atom. The molecule has 3 aromatic rings. The number of nitrogens with one attached hydrogen (secondary N) is 2. The Labute approximate surface area is 166 Å². The van der Waals surface area contributed by atoms with E-state index in [0.717, 1.165) is 11.3 Å². The zero-order chi connectivity index (χ0) is 19.9. The van der Waals surface area contributed by atoms with Crippen molar-refractivity contribution in [2.75, 3.05) is 16.4 Å². The first-order chi connectivity index (χ1) is 13.6. The number of carbonyl (C=O) groups is 2. The van der Waals surface area contributed by atoms with Crippen LogP contribution in [0.25, 0.3) is 11.4 Å². The fourth-order valence-electron chi connectivity index (χ4n) is 2.55. The molecule has 2 aromatic heterocycles. The highest BCUT2D eigenvalue weighted by molar-refractivity contribution is 7.99. The largest absolute Gasteiger partial charge is 0.326 e. The predicted molar refractivity (Wildman–Crippen MR) is 109 cm³/mol. The van der Waals surface area contributed by atoms with E-state index in [4.69, 9.17) is 0 Å². The van der Waals surface area contributed by atoms with Gasteiger partial charge in [0.05, 0.1) is 5.75 Å². The van der Waals surface area contributed by atoms with Gasteiger partial charge in [0, 0.05) is 30.9 Å². The van der Waals surface area contributed by atoms with E-state index in [9.17, 15) is 9.59 Å². The molecule has 0 saturated carbocycles.